The lowest BCUT2D eigenvalue weighted by Crippen LogP contribution is -2.40. The summed E-state index contributed by atoms with van der Waals surface area (Å²) >= 11 is 0. The second-order valence-electron chi connectivity index (χ2n) is 5.77. The first-order valence-corrected chi connectivity index (χ1v) is 9.73. The molecule has 1 aromatic rings. The topological polar surface area (TPSA) is 92.8 Å². The van der Waals surface area contributed by atoms with E-state index in [1.54, 1.807) is 30.0 Å². The van der Waals surface area contributed by atoms with Crippen molar-refractivity contribution in [2.24, 2.45) is 5.92 Å². The van der Waals surface area contributed by atoms with E-state index in [0.717, 1.165) is 6.26 Å². The number of anilines is 1. The van der Waals surface area contributed by atoms with Crippen molar-refractivity contribution in [3.63, 3.8) is 0 Å². The highest BCUT2D eigenvalue weighted by Gasteiger charge is 2.28. The predicted octanol–water partition coefficient (Wildman–Crippen LogP) is 1.47. The molecule has 0 radical (unpaired) electrons. The highest BCUT2D eigenvalue weighted by Crippen LogP contribution is 2.21. The number of esters is 1. The van der Waals surface area contributed by atoms with Gasteiger partial charge in [-0.05, 0) is 38.0 Å². The number of sulfonamides is 1. The van der Waals surface area contributed by atoms with Gasteiger partial charge in [0, 0.05) is 24.3 Å². The number of rotatable bonds is 5. The maximum Gasteiger partial charge on any atom is 0.309 e. The van der Waals surface area contributed by atoms with Crippen molar-refractivity contribution < 1.29 is 22.7 Å². The zero-order valence-electron chi connectivity index (χ0n) is 13.8. The molecule has 0 saturated carbocycles. The first-order chi connectivity index (χ1) is 11.3. The van der Waals surface area contributed by atoms with Crippen LogP contribution in [0, 0.1) is 5.92 Å². The fourth-order valence-corrected chi connectivity index (χ4v) is 3.25. The van der Waals surface area contributed by atoms with E-state index in [1.807, 2.05) is 0 Å². The molecule has 1 fully saturated rings. The number of benzene rings is 1. The molecule has 132 valence electrons. The molecule has 1 saturated heterocycles. The first-order valence-electron chi connectivity index (χ1n) is 7.84. The Kier molecular flexibility index (Phi) is 5.82. The van der Waals surface area contributed by atoms with Gasteiger partial charge in [-0.25, -0.2) is 8.42 Å². The summed E-state index contributed by atoms with van der Waals surface area (Å²) in [6.45, 7) is 3.09. The Morgan fingerprint density at radius 3 is 2.54 bits per heavy atom. The Hall–Kier alpha value is -2.09. The van der Waals surface area contributed by atoms with Crippen LogP contribution in [-0.2, 0) is 19.6 Å². The van der Waals surface area contributed by atoms with E-state index in [1.165, 1.54) is 6.07 Å². The highest BCUT2D eigenvalue weighted by molar-refractivity contribution is 7.92. The minimum absolute atomic E-state index is 0.160. The van der Waals surface area contributed by atoms with Gasteiger partial charge in [0.25, 0.3) is 5.91 Å². The third kappa shape index (κ3) is 4.95. The van der Waals surface area contributed by atoms with Crippen molar-refractivity contribution in [3.8, 4) is 0 Å². The largest absolute Gasteiger partial charge is 0.466 e. The lowest BCUT2D eigenvalue weighted by molar-refractivity contribution is -0.149. The molecule has 0 aliphatic carbocycles. The van der Waals surface area contributed by atoms with Crippen LogP contribution < -0.4 is 4.72 Å². The second-order valence-corrected chi connectivity index (χ2v) is 7.52. The van der Waals surface area contributed by atoms with Crippen molar-refractivity contribution in [1.29, 1.82) is 0 Å². The number of amides is 1. The summed E-state index contributed by atoms with van der Waals surface area (Å²) in [5.41, 5.74) is 0.767. The summed E-state index contributed by atoms with van der Waals surface area (Å²) < 4.78 is 29.9. The standard InChI is InChI=1S/C16H22N2O5S/c1-3-23-16(20)12-7-9-18(10-8-12)15(19)13-5-4-6-14(11-13)17-24(2,21)22/h4-6,11-12,17H,3,7-10H2,1-2H3. The zero-order valence-corrected chi connectivity index (χ0v) is 14.6. The number of ether oxygens (including phenoxy) is 1. The van der Waals surface area contributed by atoms with Crippen molar-refractivity contribution in [1.82, 2.24) is 4.90 Å². The molecule has 1 aliphatic rings. The molecule has 1 aliphatic heterocycles. The SMILES string of the molecule is CCOC(=O)C1CCN(C(=O)c2cccc(NS(C)(=O)=O)c2)CC1. The maximum atomic E-state index is 12.6. The van der Waals surface area contributed by atoms with Gasteiger partial charge >= 0.3 is 5.97 Å². The number of likely N-dealkylation sites (tertiary alicyclic amines) is 1. The molecule has 1 aromatic carbocycles. The van der Waals surface area contributed by atoms with Crippen LogP contribution in [0.25, 0.3) is 0 Å². The number of hydrogen-bond donors (Lipinski definition) is 1. The normalized spacial score (nSPS) is 15.8. The van der Waals surface area contributed by atoms with Gasteiger partial charge < -0.3 is 9.64 Å². The van der Waals surface area contributed by atoms with E-state index >= 15 is 0 Å². The highest BCUT2D eigenvalue weighted by atomic mass is 32.2. The summed E-state index contributed by atoms with van der Waals surface area (Å²) in [7, 11) is -3.39. The molecule has 24 heavy (non-hydrogen) atoms. The van der Waals surface area contributed by atoms with E-state index in [2.05, 4.69) is 4.72 Å². The Morgan fingerprint density at radius 1 is 1.29 bits per heavy atom. The van der Waals surface area contributed by atoms with E-state index in [-0.39, 0.29) is 17.8 Å². The lowest BCUT2D eigenvalue weighted by Gasteiger charge is -2.31. The average Bonchev–Trinajstić information content (AvgIpc) is 2.53. The average molecular weight is 354 g/mol. The Labute approximate surface area is 142 Å². The molecule has 0 aromatic heterocycles. The van der Waals surface area contributed by atoms with Crippen LogP contribution in [-0.4, -0.2) is 51.1 Å². The number of hydrogen-bond acceptors (Lipinski definition) is 5. The fourth-order valence-electron chi connectivity index (χ4n) is 2.69. The number of piperidine rings is 1. The van der Waals surface area contributed by atoms with Gasteiger partial charge in [-0.15, -0.1) is 0 Å². The quantitative estimate of drug-likeness (QED) is 0.809. The van der Waals surface area contributed by atoms with Crippen LogP contribution in [0.4, 0.5) is 5.69 Å². The van der Waals surface area contributed by atoms with Gasteiger partial charge in [0.15, 0.2) is 0 Å². The van der Waals surface area contributed by atoms with Gasteiger partial charge in [-0.2, -0.15) is 0 Å². The van der Waals surface area contributed by atoms with Crippen molar-refractivity contribution in [2.75, 3.05) is 30.7 Å². The summed E-state index contributed by atoms with van der Waals surface area (Å²) in [4.78, 5) is 26.0. The van der Waals surface area contributed by atoms with Crippen LogP contribution in [0.5, 0.6) is 0 Å². The van der Waals surface area contributed by atoms with Crippen LogP contribution in [0.15, 0.2) is 24.3 Å². The van der Waals surface area contributed by atoms with Gasteiger partial charge in [0.2, 0.25) is 10.0 Å². The van der Waals surface area contributed by atoms with Gasteiger partial charge in [0.1, 0.15) is 0 Å². The van der Waals surface area contributed by atoms with E-state index in [0.29, 0.717) is 43.8 Å². The molecule has 0 bridgehead atoms. The fraction of sp³-hybridized carbons (Fsp3) is 0.500. The summed E-state index contributed by atoms with van der Waals surface area (Å²) in [6, 6.07) is 6.38. The first kappa shape index (κ1) is 18.3. The number of nitrogens with one attached hydrogen (secondary N) is 1. The van der Waals surface area contributed by atoms with Crippen LogP contribution in [0.1, 0.15) is 30.1 Å². The minimum atomic E-state index is -3.39. The van der Waals surface area contributed by atoms with Gasteiger partial charge in [-0.3, -0.25) is 14.3 Å². The third-order valence-electron chi connectivity index (χ3n) is 3.81. The van der Waals surface area contributed by atoms with Crippen LogP contribution in [0.2, 0.25) is 0 Å². The molecule has 7 nitrogen and oxygen atoms in total. The molecule has 0 unspecified atom stereocenters. The van der Waals surface area contributed by atoms with E-state index < -0.39 is 10.0 Å². The third-order valence-corrected chi connectivity index (χ3v) is 4.42. The molecular formula is C16H22N2O5S. The number of carbonyl (C=O) groups is 2. The smallest absolute Gasteiger partial charge is 0.309 e. The number of carbonyl (C=O) groups excluding carboxylic acids is 2. The molecule has 8 heteroatoms. The molecule has 1 heterocycles. The summed E-state index contributed by atoms with van der Waals surface area (Å²) in [6.07, 6.45) is 2.21. The molecule has 0 atom stereocenters. The Balaban J connectivity index is 2.00. The Morgan fingerprint density at radius 2 is 1.96 bits per heavy atom. The molecule has 2 rings (SSSR count). The minimum Gasteiger partial charge on any atom is -0.466 e. The van der Waals surface area contributed by atoms with Crippen LogP contribution in [0.3, 0.4) is 0 Å². The van der Waals surface area contributed by atoms with E-state index in [4.69, 9.17) is 4.74 Å². The van der Waals surface area contributed by atoms with Crippen LogP contribution >= 0.6 is 0 Å². The lowest BCUT2D eigenvalue weighted by atomic mass is 9.96. The Bertz CT molecular complexity index is 709. The summed E-state index contributed by atoms with van der Waals surface area (Å²) in [5, 5.41) is 0. The zero-order chi connectivity index (χ0) is 17.7. The molecule has 1 amide bonds. The maximum absolute atomic E-state index is 12.6. The van der Waals surface area contributed by atoms with Crippen molar-refractivity contribution in [3.05, 3.63) is 29.8 Å². The van der Waals surface area contributed by atoms with Gasteiger partial charge in [-0.1, -0.05) is 6.07 Å². The van der Waals surface area contributed by atoms with Crippen molar-refractivity contribution in [2.45, 2.75) is 19.8 Å². The van der Waals surface area contributed by atoms with Gasteiger partial charge in [0.05, 0.1) is 18.8 Å². The molecular weight excluding hydrogens is 332 g/mol. The second kappa shape index (κ2) is 7.65. The van der Waals surface area contributed by atoms with E-state index in [9.17, 15) is 18.0 Å². The number of nitrogens with zero attached hydrogens (tertiary/aromatic N) is 1. The summed E-state index contributed by atoms with van der Waals surface area (Å²) in [5.74, 6) is -0.536. The molecule has 1 N–H and O–H groups in total. The monoisotopic (exact) mass is 354 g/mol. The van der Waals surface area contributed by atoms with Crippen molar-refractivity contribution >= 4 is 27.6 Å². The molecule has 0 spiro atoms. The predicted molar refractivity (Wildman–Crippen MR) is 90.2 cm³/mol.